The van der Waals surface area contributed by atoms with Gasteiger partial charge in [0.05, 0.1) is 12.1 Å². The van der Waals surface area contributed by atoms with Crippen molar-refractivity contribution in [2.75, 3.05) is 0 Å². The van der Waals surface area contributed by atoms with Crippen LogP contribution in [-0.2, 0) is 0 Å². The molecule has 4 aromatic carbocycles. The van der Waals surface area contributed by atoms with E-state index in [2.05, 4.69) is 48.5 Å². The van der Waals surface area contributed by atoms with E-state index in [0.717, 1.165) is 22.3 Å². The zero-order valence-corrected chi connectivity index (χ0v) is 15.9. The van der Waals surface area contributed by atoms with Crippen molar-refractivity contribution in [1.29, 1.82) is 0 Å². The van der Waals surface area contributed by atoms with Crippen molar-refractivity contribution in [3.63, 3.8) is 0 Å². The Morgan fingerprint density at radius 3 is 0.679 bits per heavy atom. The largest absolute Gasteiger partial charge is 0.320 e. The molecule has 0 aromatic heterocycles. The third-order valence-corrected chi connectivity index (χ3v) is 4.63. The van der Waals surface area contributed by atoms with Crippen LogP contribution < -0.4 is 11.5 Å². The molecule has 0 spiro atoms. The van der Waals surface area contributed by atoms with Crippen molar-refractivity contribution >= 4 is 0 Å². The van der Waals surface area contributed by atoms with E-state index in [0.29, 0.717) is 0 Å². The van der Waals surface area contributed by atoms with Crippen LogP contribution in [0.15, 0.2) is 121 Å². The second kappa shape index (κ2) is 10.2. The number of hydrogen-bond acceptors (Lipinski definition) is 2. The van der Waals surface area contributed by atoms with Gasteiger partial charge in [0, 0.05) is 0 Å². The summed E-state index contributed by atoms with van der Waals surface area (Å²) in [5.41, 5.74) is 16.8. The van der Waals surface area contributed by atoms with Gasteiger partial charge < -0.3 is 11.5 Å². The molecule has 28 heavy (non-hydrogen) atoms. The molecule has 0 aliphatic rings. The fourth-order valence-corrected chi connectivity index (χ4v) is 3.03. The molecule has 0 amide bonds. The maximum atomic E-state index is 6.12. The van der Waals surface area contributed by atoms with E-state index in [-0.39, 0.29) is 12.1 Å². The van der Waals surface area contributed by atoms with Crippen molar-refractivity contribution < 1.29 is 0 Å². The number of benzene rings is 4. The molecule has 0 aliphatic heterocycles. The summed E-state index contributed by atoms with van der Waals surface area (Å²) in [4.78, 5) is 0. The van der Waals surface area contributed by atoms with E-state index < -0.39 is 0 Å². The SMILES string of the molecule is NC(c1ccccc1)c1ccccc1.NC(c1ccccc1)c1ccccc1. The highest BCUT2D eigenvalue weighted by atomic mass is 14.6. The van der Waals surface area contributed by atoms with Gasteiger partial charge in [-0.1, -0.05) is 121 Å². The standard InChI is InChI=1S/2C13H13N/c2*14-13(11-7-3-1-4-8-11)12-9-5-2-6-10-12/h2*1-10,13H,14H2. The maximum absolute atomic E-state index is 6.12. The lowest BCUT2D eigenvalue weighted by atomic mass is 10.00. The Morgan fingerprint density at radius 2 is 0.500 bits per heavy atom. The van der Waals surface area contributed by atoms with Crippen molar-refractivity contribution in [3.05, 3.63) is 144 Å². The van der Waals surface area contributed by atoms with Crippen LogP contribution in [0.5, 0.6) is 0 Å². The van der Waals surface area contributed by atoms with Crippen LogP contribution in [-0.4, -0.2) is 0 Å². The molecule has 0 radical (unpaired) electrons. The van der Waals surface area contributed by atoms with Gasteiger partial charge in [-0.3, -0.25) is 0 Å². The molecular formula is C26H26N2. The van der Waals surface area contributed by atoms with Gasteiger partial charge in [-0.25, -0.2) is 0 Å². The summed E-state index contributed by atoms with van der Waals surface area (Å²) in [6.45, 7) is 0. The minimum atomic E-state index is -0.0163. The quantitative estimate of drug-likeness (QED) is 0.503. The van der Waals surface area contributed by atoms with Gasteiger partial charge in [0.1, 0.15) is 0 Å². The van der Waals surface area contributed by atoms with Crippen molar-refractivity contribution in [1.82, 2.24) is 0 Å². The van der Waals surface area contributed by atoms with Gasteiger partial charge in [-0.2, -0.15) is 0 Å². The van der Waals surface area contributed by atoms with Crippen LogP contribution in [0.1, 0.15) is 34.3 Å². The molecule has 4 N–H and O–H groups in total. The van der Waals surface area contributed by atoms with Gasteiger partial charge >= 0.3 is 0 Å². The summed E-state index contributed by atoms with van der Waals surface area (Å²) in [6.07, 6.45) is 0. The molecular weight excluding hydrogens is 340 g/mol. The Morgan fingerprint density at radius 1 is 0.321 bits per heavy atom. The molecule has 0 heterocycles. The van der Waals surface area contributed by atoms with Crippen LogP contribution >= 0.6 is 0 Å². The summed E-state index contributed by atoms with van der Waals surface area (Å²) in [5.74, 6) is 0. The fourth-order valence-electron chi connectivity index (χ4n) is 3.03. The Kier molecular flexibility index (Phi) is 7.14. The van der Waals surface area contributed by atoms with E-state index in [1.165, 1.54) is 0 Å². The van der Waals surface area contributed by atoms with Crippen molar-refractivity contribution in [2.45, 2.75) is 12.1 Å². The van der Waals surface area contributed by atoms with Crippen LogP contribution in [0.4, 0.5) is 0 Å². The molecule has 0 unspecified atom stereocenters. The Hall–Kier alpha value is -3.20. The normalized spacial score (nSPS) is 10.4. The second-order valence-corrected chi connectivity index (χ2v) is 6.60. The summed E-state index contributed by atoms with van der Waals surface area (Å²) in [6, 6.07) is 40.5. The minimum Gasteiger partial charge on any atom is -0.320 e. The van der Waals surface area contributed by atoms with Crippen molar-refractivity contribution in [2.24, 2.45) is 11.5 Å². The molecule has 0 atom stereocenters. The molecule has 140 valence electrons. The zero-order valence-electron chi connectivity index (χ0n) is 15.9. The first-order chi connectivity index (χ1) is 13.8. The lowest BCUT2D eigenvalue weighted by Gasteiger charge is -2.11. The molecule has 4 rings (SSSR count). The van der Waals surface area contributed by atoms with Gasteiger partial charge in [0.25, 0.3) is 0 Å². The molecule has 0 fully saturated rings. The molecule has 2 heteroatoms. The summed E-state index contributed by atoms with van der Waals surface area (Å²) >= 11 is 0. The third-order valence-electron chi connectivity index (χ3n) is 4.63. The van der Waals surface area contributed by atoms with Gasteiger partial charge in [-0.15, -0.1) is 0 Å². The topological polar surface area (TPSA) is 52.0 Å². The van der Waals surface area contributed by atoms with E-state index in [1.54, 1.807) is 0 Å². The monoisotopic (exact) mass is 366 g/mol. The predicted octanol–water partition coefficient (Wildman–Crippen LogP) is 5.47. The van der Waals surface area contributed by atoms with Gasteiger partial charge in [0.2, 0.25) is 0 Å². The maximum Gasteiger partial charge on any atom is 0.0551 e. The average Bonchev–Trinajstić information content (AvgIpc) is 2.81. The first-order valence-corrected chi connectivity index (χ1v) is 9.46. The Labute approximate surface area is 167 Å². The molecule has 2 nitrogen and oxygen atoms in total. The lowest BCUT2D eigenvalue weighted by Crippen LogP contribution is -2.11. The first kappa shape index (κ1) is 19.6. The number of rotatable bonds is 4. The van der Waals surface area contributed by atoms with Gasteiger partial charge in [0.15, 0.2) is 0 Å². The molecule has 0 bridgehead atoms. The van der Waals surface area contributed by atoms with Crippen LogP contribution in [0.3, 0.4) is 0 Å². The molecule has 0 saturated heterocycles. The highest BCUT2D eigenvalue weighted by molar-refractivity contribution is 5.31. The van der Waals surface area contributed by atoms with Crippen LogP contribution in [0.2, 0.25) is 0 Å². The van der Waals surface area contributed by atoms with E-state index in [9.17, 15) is 0 Å². The van der Waals surface area contributed by atoms with E-state index in [1.807, 2.05) is 72.8 Å². The molecule has 4 aromatic rings. The summed E-state index contributed by atoms with van der Waals surface area (Å²) in [5, 5.41) is 0. The Balaban J connectivity index is 0.000000161. The molecule has 0 saturated carbocycles. The molecule has 0 aliphatic carbocycles. The third kappa shape index (κ3) is 5.40. The van der Waals surface area contributed by atoms with Crippen LogP contribution in [0, 0.1) is 0 Å². The summed E-state index contributed by atoms with van der Waals surface area (Å²) < 4.78 is 0. The zero-order chi connectivity index (χ0) is 19.6. The number of nitrogens with two attached hydrogens (primary N) is 2. The van der Waals surface area contributed by atoms with Crippen molar-refractivity contribution in [3.8, 4) is 0 Å². The van der Waals surface area contributed by atoms with E-state index in [4.69, 9.17) is 11.5 Å². The highest BCUT2D eigenvalue weighted by Crippen LogP contribution is 2.19. The second-order valence-electron chi connectivity index (χ2n) is 6.60. The average molecular weight is 367 g/mol. The predicted molar refractivity (Wildman–Crippen MR) is 118 cm³/mol. The highest BCUT2D eigenvalue weighted by Gasteiger charge is 2.07. The number of hydrogen-bond donors (Lipinski definition) is 2. The smallest absolute Gasteiger partial charge is 0.0551 e. The fraction of sp³-hybridized carbons (Fsp3) is 0.0769. The first-order valence-electron chi connectivity index (χ1n) is 9.46. The Bertz CT molecular complexity index is 763. The lowest BCUT2D eigenvalue weighted by molar-refractivity contribution is 0.871. The van der Waals surface area contributed by atoms with Gasteiger partial charge in [-0.05, 0) is 22.3 Å². The van der Waals surface area contributed by atoms with E-state index >= 15 is 0 Å². The van der Waals surface area contributed by atoms with Crippen LogP contribution in [0.25, 0.3) is 0 Å². The minimum absolute atomic E-state index is 0.0163. The summed E-state index contributed by atoms with van der Waals surface area (Å²) in [7, 11) is 0.